The third kappa shape index (κ3) is 3.71. The van der Waals surface area contributed by atoms with Crippen molar-refractivity contribution in [3.05, 3.63) is 90.2 Å². The highest BCUT2D eigenvalue weighted by Crippen LogP contribution is 2.25. The van der Waals surface area contributed by atoms with E-state index in [0.29, 0.717) is 28.2 Å². The number of halogens is 1. The molecule has 0 spiro atoms. The fraction of sp³-hybridized carbons (Fsp3) is 0.0476. The van der Waals surface area contributed by atoms with Gasteiger partial charge in [0.1, 0.15) is 22.3 Å². The van der Waals surface area contributed by atoms with Crippen molar-refractivity contribution in [2.45, 2.75) is 0 Å². The molecule has 150 valence electrons. The van der Waals surface area contributed by atoms with E-state index in [2.05, 4.69) is 27.6 Å². The van der Waals surface area contributed by atoms with Crippen molar-refractivity contribution < 1.29 is 14.1 Å². The second-order valence-corrected chi connectivity index (χ2v) is 7.46. The van der Waals surface area contributed by atoms with Gasteiger partial charge in [0.25, 0.3) is 5.56 Å². The maximum Gasteiger partial charge on any atom is 0.433 e. The molecule has 0 N–H and O–H groups in total. The van der Waals surface area contributed by atoms with Gasteiger partial charge < -0.3 is 9.15 Å². The predicted molar refractivity (Wildman–Crippen MR) is 121 cm³/mol. The summed E-state index contributed by atoms with van der Waals surface area (Å²) in [5, 5.41) is 11.3. The molecule has 0 radical (unpaired) electrons. The van der Waals surface area contributed by atoms with Gasteiger partial charge in [-0.15, -0.1) is 0 Å². The van der Waals surface area contributed by atoms with Gasteiger partial charge in [0.2, 0.25) is 0 Å². The van der Waals surface area contributed by atoms with Crippen LogP contribution in [0.3, 0.4) is 0 Å². The average Bonchev–Trinajstić information content (AvgIpc) is 3.22. The van der Waals surface area contributed by atoms with E-state index in [0.717, 1.165) is 3.57 Å². The average molecular weight is 515 g/mol. The van der Waals surface area contributed by atoms with Gasteiger partial charge in [-0.2, -0.15) is 0 Å². The predicted octanol–water partition coefficient (Wildman–Crippen LogP) is 4.67. The van der Waals surface area contributed by atoms with Crippen LogP contribution in [0.15, 0.2) is 63.8 Å². The molecule has 4 rings (SSSR count). The van der Waals surface area contributed by atoms with Gasteiger partial charge >= 0.3 is 5.88 Å². The molecule has 0 amide bonds. The van der Waals surface area contributed by atoms with Gasteiger partial charge in [-0.1, -0.05) is 12.1 Å². The Morgan fingerprint density at radius 1 is 1.17 bits per heavy atom. The number of methoxy groups -OCH3 is 1. The van der Waals surface area contributed by atoms with E-state index in [4.69, 9.17) is 9.15 Å². The number of furan rings is 1. The van der Waals surface area contributed by atoms with E-state index < -0.39 is 4.92 Å². The number of rotatable bonds is 5. The van der Waals surface area contributed by atoms with Crippen molar-refractivity contribution in [3.63, 3.8) is 0 Å². The number of ether oxygens (including phenoxy) is 1. The van der Waals surface area contributed by atoms with Gasteiger partial charge in [0, 0.05) is 3.57 Å². The van der Waals surface area contributed by atoms with Crippen LogP contribution < -0.4 is 10.3 Å². The second-order valence-electron chi connectivity index (χ2n) is 6.21. The minimum atomic E-state index is -0.613. The zero-order chi connectivity index (χ0) is 21.3. The Labute approximate surface area is 183 Å². The van der Waals surface area contributed by atoms with Crippen molar-refractivity contribution in [2.24, 2.45) is 0 Å². The van der Waals surface area contributed by atoms with Crippen LogP contribution in [0.4, 0.5) is 5.88 Å². The highest BCUT2D eigenvalue weighted by molar-refractivity contribution is 14.1. The first kappa shape index (κ1) is 19.8. The zero-order valence-electron chi connectivity index (χ0n) is 15.6. The van der Waals surface area contributed by atoms with E-state index in [1.807, 2.05) is 12.1 Å². The summed E-state index contributed by atoms with van der Waals surface area (Å²) in [7, 11) is 1.53. The Morgan fingerprint density at radius 2 is 1.97 bits per heavy atom. The molecule has 8 nitrogen and oxygen atoms in total. The summed E-state index contributed by atoms with van der Waals surface area (Å²) in [5.74, 6) is 0.745. The van der Waals surface area contributed by atoms with Crippen LogP contribution in [0.1, 0.15) is 11.6 Å². The molecule has 0 unspecified atom stereocenters. The Balaban J connectivity index is 1.95. The first-order valence-corrected chi connectivity index (χ1v) is 9.84. The van der Waals surface area contributed by atoms with Crippen LogP contribution in [-0.2, 0) is 0 Å². The quantitative estimate of drug-likeness (QED) is 0.218. The molecule has 0 saturated heterocycles. The Hall–Kier alpha value is -3.47. The molecule has 0 aliphatic carbocycles. The maximum atomic E-state index is 13.4. The lowest BCUT2D eigenvalue weighted by Gasteiger charge is -2.14. The van der Waals surface area contributed by atoms with Crippen molar-refractivity contribution in [2.75, 3.05) is 7.11 Å². The molecular weight excluding hydrogens is 501 g/mol. The summed E-state index contributed by atoms with van der Waals surface area (Å²) in [5.41, 5.74) is 0.813. The highest BCUT2D eigenvalue weighted by atomic mass is 127. The van der Waals surface area contributed by atoms with Crippen molar-refractivity contribution in [3.8, 4) is 11.4 Å². The standard InChI is InChI=1S/C21H14IN3O5/c1-29-18-5-3-2-4-17(18)24-19(10-7-14-8-11-20(30-14)25(27)28)23-16-9-6-13(22)12-15(16)21(24)26/h2-12H,1H3. The molecule has 2 heterocycles. The first-order valence-electron chi connectivity index (χ1n) is 8.76. The summed E-state index contributed by atoms with van der Waals surface area (Å²) in [6.07, 6.45) is 3.10. The van der Waals surface area contributed by atoms with Gasteiger partial charge in [0.15, 0.2) is 0 Å². The molecule has 2 aromatic heterocycles. The lowest BCUT2D eigenvalue weighted by molar-refractivity contribution is -0.402. The first-order chi connectivity index (χ1) is 14.5. The molecular formula is C21H14IN3O5. The minimum Gasteiger partial charge on any atom is -0.495 e. The molecule has 0 fully saturated rings. The number of fused-ring (bicyclic) bond motifs is 1. The van der Waals surface area contributed by atoms with Crippen LogP contribution >= 0.6 is 22.6 Å². The summed E-state index contributed by atoms with van der Waals surface area (Å²) >= 11 is 2.14. The zero-order valence-corrected chi connectivity index (χ0v) is 17.8. The maximum absolute atomic E-state index is 13.4. The summed E-state index contributed by atoms with van der Waals surface area (Å²) in [6, 6.07) is 15.3. The number of nitrogens with zero attached hydrogens (tertiary/aromatic N) is 3. The normalized spacial score (nSPS) is 11.3. The van der Waals surface area contributed by atoms with E-state index in [1.165, 1.54) is 29.9 Å². The number of hydrogen-bond donors (Lipinski definition) is 0. The third-order valence-corrected chi connectivity index (χ3v) is 5.04. The van der Waals surface area contributed by atoms with Crippen LogP contribution in [0.2, 0.25) is 0 Å². The number of benzene rings is 2. The van der Waals surface area contributed by atoms with Crippen molar-refractivity contribution >= 4 is 51.5 Å². The summed E-state index contributed by atoms with van der Waals surface area (Å²) in [4.78, 5) is 28.2. The molecule has 0 aliphatic heterocycles. The number of nitro groups is 1. The van der Waals surface area contributed by atoms with Gasteiger partial charge in [-0.05, 0) is 71.1 Å². The van der Waals surface area contributed by atoms with Crippen molar-refractivity contribution in [1.29, 1.82) is 0 Å². The van der Waals surface area contributed by atoms with Crippen LogP contribution in [0.5, 0.6) is 5.75 Å². The van der Waals surface area contributed by atoms with Crippen LogP contribution in [0, 0.1) is 13.7 Å². The lowest BCUT2D eigenvalue weighted by Crippen LogP contribution is -2.23. The molecule has 9 heteroatoms. The Morgan fingerprint density at radius 3 is 2.70 bits per heavy atom. The largest absolute Gasteiger partial charge is 0.495 e. The molecule has 30 heavy (non-hydrogen) atoms. The number of hydrogen-bond acceptors (Lipinski definition) is 6. The summed E-state index contributed by atoms with van der Waals surface area (Å²) in [6.45, 7) is 0. The van der Waals surface area contributed by atoms with E-state index in [1.54, 1.807) is 36.4 Å². The third-order valence-electron chi connectivity index (χ3n) is 4.37. The highest BCUT2D eigenvalue weighted by Gasteiger charge is 2.15. The van der Waals surface area contributed by atoms with Crippen LogP contribution in [0.25, 0.3) is 28.7 Å². The Bertz CT molecular complexity index is 1360. The molecule has 0 atom stereocenters. The molecule has 2 aromatic carbocycles. The molecule has 0 aliphatic rings. The van der Waals surface area contributed by atoms with E-state index >= 15 is 0 Å². The summed E-state index contributed by atoms with van der Waals surface area (Å²) < 4.78 is 13.0. The fourth-order valence-corrected chi connectivity index (χ4v) is 3.51. The topological polar surface area (TPSA) is 100 Å². The van der Waals surface area contributed by atoms with E-state index in [-0.39, 0.29) is 17.2 Å². The molecule has 0 bridgehead atoms. The lowest BCUT2D eigenvalue weighted by atomic mass is 10.2. The number of aromatic nitrogens is 2. The van der Waals surface area contributed by atoms with Gasteiger partial charge in [0.05, 0.1) is 29.8 Å². The second kappa shape index (κ2) is 8.11. The van der Waals surface area contributed by atoms with Gasteiger partial charge in [-0.3, -0.25) is 19.5 Å². The molecule has 4 aromatic rings. The molecule has 0 saturated carbocycles. The smallest absolute Gasteiger partial charge is 0.433 e. The fourth-order valence-electron chi connectivity index (χ4n) is 3.02. The Kier molecular flexibility index (Phi) is 5.36. The van der Waals surface area contributed by atoms with Crippen molar-refractivity contribution in [1.82, 2.24) is 9.55 Å². The number of para-hydroxylation sites is 2. The minimum absolute atomic E-state index is 0.256. The monoisotopic (exact) mass is 515 g/mol. The SMILES string of the molecule is COc1ccccc1-n1c(C=Cc2ccc([N+](=O)[O-])o2)nc2ccc(I)cc2c1=O. The van der Waals surface area contributed by atoms with Crippen LogP contribution in [-0.4, -0.2) is 21.6 Å². The van der Waals surface area contributed by atoms with E-state index in [9.17, 15) is 14.9 Å². The van der Waals surface area contributed by atoms with Gasteiger partial charge in [-0.25, -0.2) is 4.98 Å².